The molecule has 0 amide bonds. The van der Waals surface area contributed by atoms with Crippen LogP contribution in [0.2, 0.25) is 0 Å². The maximum Gasteiger partial charge on any atom is 0.166 e. The molecule has 3 rings (SSSR count). The van der Waals surface area contributed by atoms with Crippen LogP contribution in [0.5, 0.6) is 5.75 Å². The average molecular weight is 343 g/mol. The second-order valence-corrected chi connectivity index (χ2v) is 6.24. The number of pyridine rings is 1. The van der Waals surface area contributed by atoms with Crippen molar-refractivity contribution < 1.29 is 9.47 Å². The number of para-hydroxylation sites is 2. The fraction of sp³-hybridized carbons (Fsp3) is 0.333. The number of aromatic amines is 1. The third-order valence-electron chi connectivity index (χ3n) is 3.66. The Morgan fingerprint density at radius 1 is 1.17 bits per heavy atom. The lowest BCUT2D eigenvalue weighted by molar-refractivity contribution is 0.110. The molecule has 2 aromatic heterocycles. The van der Waals surface area contributed by atoms with Crippen molar-refractivity contribution in [3.63, 3.8) is 0 Å². The summed E-state index contributed by atoms with van der Waals surface area (Å²) in [5.74, 6) is 1.61. The highest BCUT2D eigenvalue weighted by Gasteiger charge is 2.09. The standard InChI is InChI=1S/C18H21N3O2S/c1-3-22-10-11-23-17-8-9-19-16(13(17)2)12-24-18-20-14-6-4-5-7-15(14)21-18/h4-9H,3,10-12H2,1-2H3,(H,20,21). The van der Waals surface area contributed by atoms with Gasteiger partial charge in [0.2, 0.25) is 0 Å². The third kappa shape index (κ3) is 4.07. The van der Waals surface area contributed by atoms with E-state index < -0.39 is 0 Å². The first-order valence-corrected chi connectivity index (χ1v) is 8.99. The number of aromatic nitrogens is 3. The summed E-state index contributed by atoms with van der Waals surface area (Å²) in [6.45, 7) is 5.87. The Kier molecular flexibility index (Phi) is 5.72. The topological polar surface area (TPSA) is 60.0 Å². The van der Waals surface area contributed by atoms with E-state index in [0.717, 1.165) is 38.9 Å². The Bertz CT molecular complexity index is 771. The maximum absolute atomic E-state index is 5.78. The molecule has 24 heavy (non-hydrogen) atoms. The van der Waals surface area contributed by atoms with Crippen molar-refractivity contribution in [1.82, 2.24) is 15.0 Å². The first-order chi connectivity index (χ1) is 11.8. The molecule has 5 nitrogen and oxygen atoms in total. The molecule has 0 atom stereocenters. The lowest BCUT2D eigenvalue weighted by Gasteiger charge is -2.11. The zero-order valence-electron chi connectivity index (χ0n) is 13.9. The van der Waals surface area contributed by atoms with E-state index in [1.165, 1.54) is 0 Å². The largest absolute Gasteiger partial charge is 0.491 e. The van der Waals surface area contributed by atoms with Gasteiger partial charge in [-0.1, -0.05) is 23.9 Å². The molecular weight excluding hydrogens is 322 g/mol. The van der Waals surface area contributed by atoms with Crippen LogP contribution in [0.1, 0.15) is 18.2 Å². The minimum absolute atomic E-state index is 0.550. The van der Waals surface area contributed by atoms with Gasteiger partial charge in [0.1, 0.15) is 12.4 Å². The Hall–Kier alpha value is -2.05. The van der Waals surface area contributed by atoms with E-state index in [1.54, 1.807) is 18.0 Å². The normalized spacial score (nSPS) is 11.1. The van der Waals surface area contributed by atoms with Crippen molar-refractivity contribution >= 4 is 22.8 Å². The van der Waals surface area contributed by atoms with Gasteiger partial charge in [0.25, 0.3) is 0 Å². The SMILES string of the molecule is CCOCCOc1ccnc(CSc2nc3ccccc3[nH]2)c1C. The first kappa shape index (κ1) is 16.8. The highest BCUT2D eigenvalue weighted by atomic mass is 32.2. The molecule has 0 saturated heterocycles. The smallest absolute Gasteiger partial charge is 0.166 e. The molecule has 0 fully saturated rings. The number of imidazole rings is 1. The molecule has 0 unspecified atom stereocenters. The second kappa shape index (κ2) is 8.17. The molecule has 126 valence electrons. The molecule has 0 bridgehead atoms. The number of hydrogen-bond donors (Lipinski definition) is 1. The molecule has 1 aromatic carbocycles. The Labute approximate surface area is 145 Å². The highest BCUT2D eigenvalue weighted by Crippen LogP contribution is 2.26. The van der Waals surface area contributed by atoms with E-state index in [9.17, 15) is 0 Å². The van der Waals surface area contributed by atoms with Gasteiger partial charge in [0, 0.05) is 24.1 Å². The lowest BCUT2D eigenvalue weighted by Crippen LogP contribution is -2.08. The van der Waals surface area contributed by atoms with Gasteiger partial charge in [-0.3, -0.25) is 4.98 Å². The van der Waals surface area contributed by atoms with Gasteiger partial charge in [0.05, 0.1) is 23.3 Å². The highest BCUT2D eigenvalue weighted by molar-refractivity contribution is 7.98. The number of benzene rings is 1. The van der Waals surface area contributed by atoms with Gasteiger partial charge < -0.3 is 14.5 Å². The van der Waals surface area contributed by atoms with Crippen LogP contribution in [0, 0.1) is 6.92 Å². The molecule has 6 heteroatoms. The molecule has 0 aliphatic heterocycles. The van der Waals surface area contributed by atoms with Crippen LogP contribution in [0.15, 0.2) is 41.7 Å². The van der Waals surface area contributed by atoms with E-state index in [1.807, 2.05) is 44.2 Å². The molecular formula is C18H21N3O2S. The number of rotatable bonds is 8. The Morgan fingerprint density at radius 3 is 2.88 bits per heavy atom. The van der Waals surface area contributed by atoms with Crippen molar-refractivity contribution in [2.24, 2.45) is 0 Å². The van der Waals surface area contributed by atoms with Crippen LogP contribution in [0.4, 0.5) is 0 Å². The number of H-pyrrole nitrogens is 1. The summed E-state index contributed by atoms with van der Waals surface area (Å²) in [4.78, 5) is 12.4. The van der Waals surface area contributed by atoms with Gasteiger partial charge in [0.15, 0.2) is 5.16 Å². The van der Waals surface area contributed by atoms with E-state index in [2.05, 4.69) is 15.0 Å². The van der Waals surface area contributed by atoms with Gasteiger partial charge in [-0.05, 0) is 32.0 Å². The number of thioether (sulfide) groups is 1. The fourth-order valence-corrected chi connectivity index (χ4v) is 3.26. The predicted octanol–water partition coefficient (Wildman–Crippen LogP) is 3.97. The van der Waals surface area contributed by atoms with Crippen molar-refractivity contribution in [3.8, 4) is 5.75 Å². The summed E-state index contributed by atoms with van der Waals surface area (Å²) < 4.78 is 11.1. The zero-order chi connectivity index (χ0) is 16.8. The number of ether oxygens (including phenoxy) is 2. The van der Waals surface area contributed by atoms with Crippen LogP contribution < -0.4 is 4.74 Å². The van der Waals surface area contributed by atoms with Crippen molar-refractivity contribution in [3.05, 3.63) is 47.8 Å². The zero-order valence-corrected chi connectivity index (χ0v) is 14.7. The summed E-state index contributed by atoms with van der Waals surface area (Å²) in [6, 6.07) is 9.93. The van der Waals surface area contributed by atoms with E-state index in [4.69, 9.17) is 9.47 Å². The van der Waals surface area contributed by atoms with Crippen molar-refractivity contribution in [2.45, 2.75) is 24.8 Å². The van der Waals surface area contributed by atoms with Crippen molar-refractivity contribution in [2.75, 3.05) is 19.8 Å². The second-order valence-electron chi connectivity index (χ2n) is 5.27. The fourth-order valence-electron chi connectivity index (χ4n) is 2.35. The Morgan fingerprint density at radius 2 is 2.04 bits per heavy atom. The van der Waals surface area contributed by atoms with Crippen LogP contribution in [0.3, 0.4) is 0 Å². The molecule has 1 N–H and O–H groups in total. The van der Waals surface area contributed by atoms with Gasteiger partial charge in [-0.25, -0.2) is 4.98 Å². The molecule has 2 heterocycles. The van der Waals surface area contributed by atoms with Crippen molar-refractivity contribution in [1.29, 1.82) is 0 Å². The van der Waals surface area contributed by atoms with Crippen LogP contribution >= 0.6 is 11.8 Å². The number of nitrogens with zero attached hydrogens (tertiary/aromatic N) is 2. The number of hydrogen-bond acceptors (Lipinski definition) is 5. The predicted molar refractivity (Wildman–Crippen MR) is 96.6 cm³/mol. The third-order valence-corrected chi connectivity index (χ3v) is 4.55. The van der Waals surface area contributed by atoms with Crippen LogP contribution in [-0.2, 0) is 10.5 Å². The summed E-state index contributed by atoms with van der Waals surface area (Å²) >= 11 is 1.64. The molecule has 0 saturated carbocycles. The van der Waals surface area contributed by atoms with Crippen LogP contribution in [0.25, 0.3) is 11.0 Å². The minimum Gasteiger partial charge on any atom is -0.491 e. The lowest BCUT2D eigenvalue weighted by atomic mass is 10.2. The number of fused-ring (bicyclic) bond motifs is 1. The van der Waals surface area contributed by atoms with E-state index in [0.29, 0.717) is 19.8 Å². The molecule has 0 spiro atoms. The summed E-state index contributed by atoms with van der Waals surface area (Å²) in [6.07, 6.45) is 1.79. The molecule has 0 radical (unpaired) electrons. The maximum atomic E-state index is 5.78. The monoisotopic (exact) mass is 343 g/mol. The quantitative estimate of drug-likeness (QED) is 0.495. The average Bonchev–Trinajstić information content (AvgIpc) is 3.02. The first-order valence-electron chi connectivity index (χ1n) is 8.00. The molecule has 0 aliphatic rings. The van der Waals surface area contributed by atoms with Gasteiger partial charge in [-0.15, -0.1) is 0 Å². The minimum atomic E-state index is 0.550. The number of nitrogens with one attached hydrogen (secondary N) is 1. The van der Waals surface area contributed by atoms with E-state index >= 15 is 0 Å². The van der Waals surface area contributed by atoms with Gasteiger partial charge in [-0.2, -0.15) is 0 Å². The summed E-state index contributed by atoms with van der Waals surface area (Å²) in [5, 5.41) is 0.903. The molecule has 0 aliphatic carbocycles. The van der Waals surface area contributed by atoms with Gasteiger partial charge >= 0.3 is 0 Å². The molecule has 3 aromatic rings. The van der Waals surface area contributed by atoms with Crippen LogP contribution in [-0.4, -0.2) is 34.8 Å². The summed E-state index contributed by atoms with van der Waals surface area (Å²) in [5.41, 5.74) is 4.11. The summed E-state index contributed by atoms with van der Waals surface area (Å²) in [7, 11) is 0. The van der Waals surface area contributed by atoms with E-state index in [-0.39, 0.29) is 0 Å². The Balaban J connectivity index is 1.64.